The molecule has 112 valence electrons. The van der Waals surface area contributed by atoms with Gasteiger partial charge in [-0.15, -0.1) is 0 Å². The Bertz CT molecular complexity index is 794. The molecule has 0 fully saturated rings. The molecule has 22 heavy (non-hydrogen) atoms. The van der Waals surface area contributed by atoms with E-state index in [2.05, 4.69) is 10.3 Å². The number of amides is 1. The fourth-order valence-corrected chi connectivity index (χ4v) is 2.51. The van der Waals surface area contributed by atoms with Gasteiger partial charge in [-0.25, -0.2) is 4.39 Å². The topological polar surface area (TPSA) is 44.9 Å². The maximum Gasteiger partial charge on any atom is 0.220 e. The molecule has 2 aromatic carbocycles. The Balaban J connectivity index is 1.55. The number of carbonyl (C=O) groups excluding carboxylic acids is 1. The van der Waals surface area contributed by atoms with Gasteiger partial charge in [0.1, 0.15) is 5.82 Å². The van der Waals surface area contributed by atoms with Crippen molar-refractivity contribution in [3.8, 4) is 0 Å². The van der Waals surface area contributed by atoms with Crippen LogP contribution in [0.5, 0.6) is 0 Å². The molecule has 0 saturated heterocycles. The predicted octanol–water partition coefficient (Wildman–Crippen LogP) is 3.56. The molecule has 4 heteroatoms. The molecule has 1 amide bonds. The van der Waals surface area contributed by atoms with E-state index in [1.165, 1.54) is 6.07 Å². The molecule has 0 saturated carbocycles. The van der Waals surface area contributed by atoms with Crippen LogP contribution in [0.4, 0.5) is 4.39 Å². The number of aromatic amines is 1. The average molecular weight is 296 g/mol. The Kier molecular flexibility index (Phi) is 4.19. The summed E-state index contributed by atoms with van der Waals surface area (Å²) in [5, 5.41) is 3.99. The van der Waals surface area contributed by atoms with E-state index in [1.54, 1.807) is 18.2 Å². The van der Waals surface area contributed by atoms with Crippen LogP contribution in [0.15, 0.2) is 54.7 Å². The second-order valence-electron chi connectivity index (χ2n) is 5.23. The molecular weight excluding hydrogens is 279 g/mol. The van der Waals surface area contributed by atoms with Crippen molar-refractivity contribution in [3.63, 3.8) is 0 Å². The number of rotatable bonds is 5. The summed E-state index contributed by atoms with van der Waals surface area (Å²) in [6.07, 6.45) is 2.59. The van der Waals surface area contributed by atoms with Crippen LogP contribution in [-0.2, 0) is 17.8 Å². The van der Waals surface area contributed by atoms with Gasteiger partial charge in [0.05, 0.1) is 0 Å². The number of aromatic nitrogens is 1. The minimum absolute atomic E-state index is 0.0754. The summed E-state index contributed by atoms with van der Waals surface area (Å²) in [5.41, 5.74) is 2.68. The number of hydrogen-bond acceptors (Lipinski definition) is 1. The Labute approximate surface area is 128 Å². The summed E-state index contributed by atoms with van der Waals surface area (Å²) in [6.45, 7) is 0.472. The maximum atomic E-state index is 13.5. The molecule has 3 rings (SSSR count). The van der Waals surface area contributed by atoms with E-state index in [9.17, 15) is 9.18 Å². The first-order chi connectivity index (χ1) is 10.7. The van der Waals surface area contributed by atoms with E-state index >= 15 is 0 Å². The molecule has 0 aliphatic carbocycles. The summed E-state index contributed by atoms with van der Waals surface area (Å²) in [5.74, 6) is -0.333. The maximum absolute atomic E-state index is 13.5. The van der Waals surface area contributed by atoms with Crippen LogP contribution in [0.2, 0.25) is 0 Å². The quantitative estimate of drug-likeness (QED) is 0.743. The molecule has 3 nitrogen and oxygen atoms in total. The van der Waals surface area contributed by atoms with Crippen molar-refractivity contribution in [1.29, 1.82) is 0 Å². The lowest BCUT2D eigenvalue weighted by Crippen LogP contribution is -2.23. The highest BCUT2D eigenvalue weighted by molar-refractivity contribution is 5.84. The van der Waals surface area contributed by atoms with E-state index in [0.717, 1.165) is 16.5 Å². The number of hydrogen-bond donors (Lipinski definition) is 2. The van der Waals surface area contributed by atoms with Gasteiger partial charge >= 0.3 is 0 Å². The molecule has 0 bridgehead atoms. The predicted molar refractivity (Wildman–Crippen MR) is 84.9 cm³/mol. The van der Waals surface area contributed by atoms with Gasteiger partial charge in [-0.05, 0) is 29.7 Å². The van der Waals surface area contributed by atoms with Gasteiger partial charge in [0.15, 0.2) is 0 Å². The van der Waals surface area contributed by atoms with Crippen molar-refractivity contribution < 1.29 is 9.18 Å². The molecule has 1 aromatic heterocycles. The Morgan fingerprint density at radius 2 is 1.82 bits per heavy atom. The van der Waals surface area contributed by atoms with Crippen LogP contribution in [0, 0.1) is 5.82 Å². The van der Waals surface area contributed by atoms with E-state index in [4.69, 9.17) is 0 Å². The zero-order chi connectivity index (χ0) is 15.4. The largest absolute Gasteiger partial charge is 0.361 e. The lowest BCUT2D eigenvalue weighted by Gasteiger charge is -2.05. The van der Waals surface area contributed by atoms with Crippen LogP contribution >= 0.6 is 0 Å². The first kappa shape index (κ1) is 14.3. The van der Waals surface area contributed by atoms with E-state index in [1.807, 2.05) is 30.5 Å². The SMILES string of the molecule is O=C(CCc1ccccc1F)NCc1c[nH]c2ccccc12. The molecule has 0 spiro atoms. The number of aryl methyl sites for hydroxylation is 1. The molecule has 0 aliphatic heterocycles. The van der Waals surface area contributed by atoms with Crippen molar-refractivity contribution in [3.05, 3.63) is 71.7 Å². The third kappa shape index (κ3) is 3.17. The van der Waals surface area contributed by atoms with Crippen LogP contribution in [0.3, 0.4) is 0 Å². The molecule has 0 radical (unpaired) electrons. The molecular formula is C18H17FN2O. The minimum atomic E-state index is -0.257. The number of halogens is 1. The summed E-state index contributed by atoms with van der Waals surface area (Å²) in [6, 6.07) is 14.5. The summed E-state index contributed by atoms with van der Waals surface area (Å²) in [4.78, 5) is 15.1. The van der Waals surface area contributed by atoms with Gasteiger partial charge in [-0.3, -0.25) is 4.79 Å². The van der Waals surface area contributed by atoms with E-state index in [-0.39, 0.29) is 18.1 Å². The normalized spacial score (nSPS) is 10.8. The van der Waals surface area contributed by atoms with E-state index in [0.29, 0.717) is 18.5 Å². The summed E-state index contributed by atoms with van der Waals surface area (Å²) >= 11 is 0. The third-order valence-corrected chi connectivity index (χ3v) is 3.73. The standard InChI is InChI=1S/C18H17FN2O/c19-16-7-3-1-5-13(16)9-10-18(22)21-12-14-11-20-17-8-4-2-6-15(14)17/h1-8,11,20H,9-10,12H2,(H,21,22). The molecule has 0 aliphatic rings. The van der Waals surface area contributed by atoms with Crippen molar-refractivity contribution in [2.75, 3.05) is 0 Å². The van der Waals surface area contributed by atoms with Gasteiger partial charge < -0.3 is 10.3 Å². The average Bonchev–Trinajstić information content (AvgIpc) is 2.95. The molecule has 3 aromatic rings. The summed E-state index contributed by atoms with van der Waals surface area (Å²) < 4.78 is 13.5. The van der Waals surface area contributed by atoms with Gasteiger partial charge in [-0.2, -0.15) is 0 Å². The number of benzene rings is 2. The highest BCUT2D eigenvalue weighted by Gasteiger charge is 2.07. The summed E-state index contributed by atoms with van der Waals surface area (Å²) in [7, 11) is 0. The van der Waals surface area contributed by atoms with Crippen LogP contribution in [0.1, 0.15) is 17.5 Å². The van der Waals surface area contributed by atoms with Crippen molar-refractivity contribution >= 4 is 16.8 Å². The first-order valence-electron chi connectivity index (χ1n) is 7.29. The highest BCUT2D eigenvalue weighted by atomic mass is 19.1. The fraction of sp³-hybridized carbons (Fsp3) is 0.167. The van der Waals surface area contributed by atoms with Crippen molar-refractivity contribution in [2.24, 2.45) is 0 Å². The van der Waals surface area contributed by atoms with Gasteiger partial charge in [0.25, 0.3) is 0 Å². The number of carbonyl (C=O) groups is 1. The third-order valence-electron chi connectivity index (χ3n) is 3.73. The Morgan fingerprint density at radius 1 is 1.05 bits per heavy atom. The first-order valence-corrected chi connectivity index (χ1v) is 7.29. The number of nitrogens with one attached hydrogen (secondary N) is 2. The Morgan fingerprint density at radius 3 is 2.68 bits per heavy atom. The van der Waals surface area contributed by atoms with Gasteiger partial charge in [-0.1, -0.05) is 36.4 Å². The number of para-hydroxylation sites is 1. The molecule has 0 atom stereocenters. The van der Waals surface area contributed by atoms with Crippen molar-refractivity contribution in [1.82, 2.24) is 10.3 Å². The minimum Gasteiger partial charge on any atom is -0.361 e. The second-order valence-corrected chi connectivity index (χ2v) is 5.23. The zero-order valence-electron chi connectivity index (χ0n) is 12.1. The van der Waals surface area contributed by atoms with Crippen LogP contribution < -0.4 is 5.32 Å². The highest BCUT2D eigenvalue weighted by Crippen LogP contribution is 2.17. The van der Waals surface area contributed by atoms with Crippen LogP contribution in [0.25, 0.3) is 10.9 Å². The molecule has 1 heterocycles. The molecule has 0 unspecified atom stereocenters. The van der Waals surface area contributed by atoms with Gasteiger partial charge in [0.2, 0.25) is 5.91 Å². The molecule has 2 N–H and O–H groups in total. The van der Waals surface area contributed by atoms with Crippen LogP contribution in [-0.4, -0.2) is 10.9 Å². The van der Waals surface area contributed by atoms with E-state index < -0.39 is 0 Å². The lowest BCUT2D eigenvalue weighted by atomic mass is 10.1. The lowest BCUT2D eigenvalue weighted by molar-refractivity contribution is -0.121. The number of H-pyrrole nitrogens is 1. The van der Waals surface area contributed by atoms with Gasteiger partial charge in [0, 0.05) is 30.1 Å². The number of fused-ring (bicyclic) bond motifs is 1. The smallest absolute Gasteiger partial charge is 0.220 e. The Hall–Kier alpha value is -2.62. The monoisotopic (exact) mass is 296 g/mol. The van der Waals surface area contributed by atoms with Crippen molar-refractivity contribution in [2.45, 2.75) is 19.4 Å². The second kappa shape index (κ2) is 6.43. The zero-order valence-corrected chi connectivity index (χ0v) is 12.1. The fourth-order valence-electron chi connectivity index (χ4n) is 2.51.